The van der Waals surface area contributed by atoms with Crippen LogP contribution in [0.2, 0.25) is 0 Å². The summed E-state index contributed by atoms with van der Waals surface area (Å²) < 4.78 is 6.67. The van der Waals surface area contributed by atoms with E-state index >= 15 is 0 Å². The van der Waals surface area contributed by atoms with Crippen molar-refractivity contribution in [3.05, 3.63) is 83.9 Å². The molecule has 6 nitrogen and oxygen atoms in total. The van der Waals surface area contributed by atoms with Crippen LogP contribution in [-0.4, -0.2) is 58.3 Å². The van der Waals surface area contributed by atoms with Gasteiger partial charge in [0.2, 0.25) is 5.60 Å². The number of carbonyl (C=O) groups is 1. The van der Waals surface area contributed by atoms with Crippen molar-refractivity contribution in [1.29, 1.82) is 0 Å². The summed E-state index contributed by atoms with van der Waals surface area (Å²) in [6.07, 6.45) is 8.13. The Kier molecular flexibility index (Phi) is 5.27. The van der Waals surface area contributed by atoms with Gasteiger partial charge in [-0.2, -0.15) is 0 Å². The number of carbonyl (C=O) groups excluding carboxylic acids is 1. The van der Waals surface area contributed by atoms with Crippen LogP contribution in [0.1, 0.15) is 29.7 Å². The van der Waals surface area contributed by atoms with E-state index in [0.29, 0.717) is 17.7 Å². The van der Waals surface area contributed by atoms with Gasteiger partial charge in [-0.15, -0.1) is 0 Å². The molecule has 2 atom stereocenters. The van der Waals surface area contributed by atoms with Crippen molar-refractivity contribution in [3.8, 4) is 11.1 Å². The molecule has 1 fully saturated rings. The van der Waals surface area contributed by atoms with Gasteiger partial charge in [0.1, 0.15) is 12.6 Å². The Morgan fingerprint density at radius 1 is 1.12 bits per heavy atom. The Morgan fingerprint density at radius 3 is 2.47 bits per heavy atom. The standard InChI is InChI=1S/C26H28N3O3/c1-29(16-12-19-17-27-13-14-28-19)15-6-7-20(29)18-32-25(30)26(31)23-10-4-2-8-21(23)22-9-3-5-11-24(22)26/h2-5,8-11,13-14,17,20,31H,6-7,12,15-16,18H2,1H3/q+1/t20-,29?/m1/s1. The maximum atomic E-state index is 13.3. The van der Waals surface area contributed by atoms with Crippen LogP contribution in [0, 0.1) is 0 Å². The largest absolute Gasteiger partial charge is 0.457 e. The number of fused-ring (bicyclic) bond motifs is 3. The molecule has 1 aliphatic heterocycles. The first kappa shape index (κ1) is 20.8. The van der Waals surface area contributed by atoms with E-state index in [1.165, 1.54) is 0 Å². The molecule has 0 saturated carbocycles. The number of hydrogen-bond acceptors (Lipinski definition) is 5. The first-order valence-electron chi connectivity index (χ1n) is 11.2. The van der Waals surface area contributed by atoms with Gasteiger partial charge in [-0.3, -0.25) is 9.97 Å². The van der Waals surface area contributed by atoms with Crippen molar-refractivity contribution >= 4 is 5.97 Å². The van der Waals surface area contributed by atoms with Gasteiger partial charge in [-0.25, -0.2) is 4.79 Å². The number of hydrogen-bond donors (Lipinski definition) is 1. The highest BCUT2D eigenvalue weighted by Gasteiger charge is 2.50. The first-order valence-corrected chi connectivity index (χ1v) is 11.2. The molecule has 2 aliphatic rings. The third-order valence-electron chi connectivity index (χ3n) is 7.21. The van der Waals surface area contributed by atoms with Crippen molar-refractivity contribution < 1.29 is 19.1 Å². The fourth-order valence-corrected chi connectivity index (χ4v) is 5.28. The normalized spacial score (nSPS) is 22.9. The maximum Gasteiger partial charge on any atom is 0.347 e. The molecule has 0 bridgehead atoms. The lowest BCUT2D eigenvalue weighted by molar-refractivity contribution is -0.921. The van der Waals surface area contributed by atoms with E-state index in [1.807, 2.05) is 54.7 Å². The summed E-state index contributed by atoms with van der Waals surface area (Å²) in [5, 5.41) is 11.6. The van der Waals surface area contributed by atoms with Crippen molar-refractivity contribution in [2.45, 2.75) is 30.9 Å². The molecule has 1 aromatic heterocycles. The van der Waals surface area contributed by atoms with Crippen LogP contribution in [0.5, 0.6) is 0 Å². The molecule has 6 heteroatoms. The quantitative estimate of drug-likeness (QED) is 0.481. The number of nitrogens with zero attached hydrogens (tertiary/aromatic N) is 3. The topological polar surface area (TPSA) is 72.3 Å². The van der Waals surface area contributed by atoms with E-state index in [2.05, 4.69) is 17.0 Å². The lowest BCUT2D eigenvalue weighted by Crippen LogP contribution is -2.52. The lowest BCUT2D eigenvalue weighted by Gasteiger charge is -2.36. The zero-order valence-corrected chi connectivity index (χ0v) is 18.3. The van der Waals surface area contributed by atoms with Crippen molar-refractivity contribution in [1.82, 2.24) is 9.97 Å². The molecule has 1 saturated heterocycles. The van der Waals surface area contributed by atoms with Crippen molar-refractivity contribution in [3.63, 3.8) is 0 Å². The number of esters is 1. The molecule has 0 radical (unpaired) electrons. The van der Waals surface area contributed by atoms with Crippen LogP contribution in [-0.2, 0) is 21.6 Å². The predicted octanol–water partition coefficient (Wildman–Crippen LogP) is 3.09. The molecular formula is C26H28N3O3+. The van der Waals surface area contributed by atoms with Crippen LogP contribution in [0.15, 0.2) is 67.1 Å². The zero-order valence-electron chi connectivity index (χ0n) is 18.3. The van der Waals surface area contributed by atoms with Crippen LogP contribution in [0.4, 0.5) is 0 Å². The first-order chi connectivity index (χ1) is 15.5. The van der Waals surface area contributed by atoms with E-state index in [1.54, 1.807) is 12.4 Å². The summed E-state index contributed by atoms with van der Waals surface area (Å²) in [5.41, 5.74) is 2.16. The van der Waals surface area contributed by atoms with Crippen LogP contribution in [0.3, 0.4) is 0 Å². The molecule has 32 heavy (non-hydrogen) atoms. The van der Waals surface area contributed by atoms with Gasteiger partial charge in [0.15, 0.2) is 0 Å². The van der Waals surface area contributed by atoms with E-state index in [-0.39, 0.29) is 6.04 Å². The van der Waals surface area contributed by atoms with Gasteiger partial charge in [0.25, 0.3) is 0 Å². The number of ether oxygens (including phenoxy) is 1. The molecular weight excluding hydrogens is 402 g/mol. The lowest BCUT2D eigenvalue weighted by atomic mass is 9.91. The zero-order chi connectivity index (χ0) is 22.2. The molecule has 164 valence electrons. The SMILES string of the molecule is C[N+]1(CCc2cnccn2)CCC[C@@H]1COC(=O)C1(O)c2ccccc2-c2ccccc21. The van der Waals surface area contributed by atoms with Crippen LogP contribution < -0.4 is 0 Å². The number of aromatic nitrogens is 2. The van der Waals surface area contributed by atoms with E-state index in [9.17, 15) is 9.90 Å². The molecule has 2 heterocycles. The summed E-state index contributed by atoms with van der Waals surface area (Å²) in [5.74, 6) is -0.595. The Hall–Kier alpha value is -3.09. The highest BCUT2D eigenvalue weighted by Crippen LogP contribution is 2.48. The Labute approximate surface area is 188 Å². The minimum atomic E-state index is -1.77. The Morgan fingerprint density at radius 2 is 1.81 bits per heavy atom. The van der Waals surface area contributed by atoms with Gasteiger partial charge in [-0.05, 0) is 11.1 Å². The molecule has 3 aromatic rings. The molecule has 2 aromatic carbocycles. The third-order valence-corrected chi connectivity index (χ3v) is 7.21. The monoisotopic (exact) mass is 430 g/mol. The molecule has 0 amide bonds. The average molecular weight is 431 g/mol. The third kappa shape index (κ3) is 3.40. The Bertz CT molecular complexity index is 1090. The second-order valence-corrected chi connectivity index (χ2v) is 9.07. The van der Waals surface area contributed by atoms with Gasteiger partial charge in [-0.1, -0.05) is 48.5 Å². The number of benzene rings is 2. The minimum Gasteiger partial charge on any atom is -0.457 e. The van der Waals surface area contributed by atoms with Gasteiger partial charge in [0.05, 0.1) is 25.8 Å². The second-order valence-electron chi connectivity index (χ2n) is 9.07. The number of likely N-dealkylation sites (N-methyl/N-ethyl adjacent to an activating group) is 1. The fourth-order valence-electron chi connectivity index (χ4n) is 5.28. The van der Waals surface area contributed by atoms with Crippen LogP contribution >= 0.6 is 0 Å². The van der Waals surface area contributed by atoms with Crippen molar-refractivity contribution in [2.75, 3.05) is 26.7 Å². The Balaban J connectivity index is 1.32. The second kappa shape index (κ2) is 8.11. The van der Waals surface area contributed by atoms with Gasteiger partial charge in [0, 0.05) is 49.0 Å². The molecule has 5 rings (SSSR count). The molecule has 1 aliphatic carbocycles. The van der Waals surface area contributed by atoms with Gasteiger partial charge >= 0.3 is 5.97 Å². The van der Waals surface area contributed by atoms with Crippen molar-refractivity contribution in [2.24, 2.45) is 0 Å². The number of likely N-dealkylation sites (tertiary alicyclic amines) is 1. The smallest absolute Gasteiger partial charge is 0.347 e. The minimum absolute atomic E-state index is 0.200. The number of rotatable bonds is 6. The summed E-state index contributed by atoms with van der Waals surface area (Å²) in [6.45, 7) is 2.25. The summed E-state index contributed by atoms with van der Waals surface area (Å²) >= 11 is 0. The summed E-state index contributed by atoms with van der Waals surface area (Å²) in [4.78, 5) is 21.9. The maximum absolute atomic E-state index is 13.3. The number of quaternary nitrogens is 1. The van der Waals surface area contributed by atoms with Gasteiger partial charge < -0.3 is 14.3 Å². The fraction of sp³-hybridized carbons (Fsp3) is 0.346. The summed E-state index contributed by atoms with van der Waals surface area (Å²) in [7, 11) is 2.22. The number of aliphatic hydroxyl groups is 1. The van der Waals surface area contributed by atoms with E-state index < -0.39 is 11.6 Å². The highest BCUT2D eigenvalue weighted by atomic mass is 16.6. The van der Waals surface area contributed by atoms with Crippen LogP contribution in [0.25, 0.3) is 11.1 Å². The predicted molar refractivity (Wildman–Crippen MR) is 121 cm³/mol. The van der Waals surface area contributed by atoms with E-state index in [4.69, 9.17) is 4.74 Å². The molecule has 1 N–H and O–H groups in total. The molecule has 0 spiro atoms. The average Bonchev–Trinajstić information content (AvgIpc) is 3.33. The van der Waals surface area contributed by atoms with E-state index in [0.717, 1.165) is 53.7 Å². The summed E-state index contributed by atoms with van der Waals surface area (Å²) in [6, 6.07) is 15.2. The molecule has 1 unspecified atom stereocenters. The highest BCUT2D eigenvalue weighted by molar-refractivity contribution is 5.96.